The van der Waals surface area contributed by atoms with E-state index in [2.05, 4.69) is 34.3 Å². The number of nitrogens with one attached hydrogen (secondary N) is 1. The zero-order valence-electron chi connectivity index (χ0n) is 10.8. The van der Waals surface area contributed by atoms with E-state index >= 15 is 0 Å². The predicted molar refractivity (Wildman–Crippen MR) is 69.0 cm³/mol. The number of pyridine rings is 1. The molecule has 1 unspecified atom stereocenters. The second-order valence-electron chi connectivity index (χ2n) is 4.09. The van der Waals surface area contributed by atoms with Crippen molar-refractivity contribution in [1.82, 2.24) is 20.4 Å². The molecule has 0 fully saturated rings. The molecule has 18 heavy (non-hydrogen) atoms. The molecule has 5 nitrogen and oxygen atoms in total. The molecular weight excluding hydrogens is 228 g/mol. The normalized spacial score (nSPS) is 12.6. The van der Waals surface area contributed by atoms with E-state index in [1.807, 2.05) is 18.2 Å². The highest BCUT2D eigenvalue weighted by atomic mass is 16.5. The molecule has 2 heterocycles. The number of aromatic nitrogens is 3. The first-order valence-electron chi connectivity index (χ1n) is 6.30. The van der Waals surface area contributed by atoms with Crippen molar-refractivity contribution in [3.63, 3.8) is 0 Å². The van der Waals surface area contributed by atoms with Crippen molar-refractivity contribution in [2.75, 3.05) is 6.54 Å². The highest BCUT2D eigenvalue weighted by Crippen LogP contribution is 2.13. The Balaban J connectivity index is 2.06. The number of likely N-dealkylation sites (N-methyl/N-ethyl adjacent to an activating group) is 1. The summed E-state index contributed by atoms with van der Waals surface area (Å²) in [7, 11) is 0. The zero-order valence-corrected chi connectivity index (χ0v) is 10.8. The first-order valence-corrected chi connectivity index (χ1v) is 6.30. The predicted octanol–water partition coefficient (Wildman–Crippen LogP) is 2.06. The summed E-state index contributed by atoms with van der Waals surface area (Å²) in [5, 5.41) is 7.34. The molecular formula is C13H18N4O. The Kier molecular flexibility index (Phi) is 4.41. The summed E-state index contributed by atoms with van der Waals surface area (Å²) >= 11 is 0. The second-order valence-corrected chi connectivity index (χ2v) is 4.09. The van der Waals surface area contributed by atoms with Gasteiger partial charge in [-0.1, -0.05) is 25.1 Å². The number of hydrogen-bond donors (Lipinski definition) is 1. The van der Waals surface area contributed by atoms with E-state index in [1.54, 1.807) is 6.20 Å². The Hall–Kier alpha value is -1.75. The molecule has 2 rings (SSSR count). The SMILES string of the molecule is CCNC(CC)Cc1nc(-c2ccccn2)no1. The van der Waals surface area contributed by atoms with Gasteiger partial charge < -0.3 is 9.84 Å². The van der Waals surface area contributed by atoms with Crippen molar-refractivity contribution in [3.8, 4) is 11.5 Å². The first kappa shape index (κ1) is 12.7. The van der Waals surface area contributed by atoms with E-state index in [1.165, 1.54) is 0 Å². The van der Waals surface area contributed by atoms with Gasteiger partial charge in [-0.15, -0.1) is 0 Å². The van der Waals surface area contributed by atoms with Gasteiger partial charge in [-0.2, -0.15) is 4.98 Å². The maximum absolute atomic E-state index is 5.26. The summed E-state index contributed by atoms with van der Waals surface area (Å²) in [6, 6.07) is 6.03. The third-order valence-corrected chi connectivity index (χ3v) is 2.77. The maximum Gasteiger partial charge on any atom is 0.228 e. The average molecular weight is 246 g/mol. The van der Waals surface area contributed by atoms with Gasteiger partial charge in [-0.05, 0) is 25.1 Å². The smallest absolute Gasteiger partial charge is 0.228 e. The average Bonchev–Trinajstić information content (AvgIpc) is 2.88. The molecule has 1 N–H and O–H groups in total. The van der Waals surface area contributed by atoms with Gasteiger partial charge in [-0.3, -0.25) is 4.98 Å². The van der Waals surface area contributed by atoms with Gasteiger partial charge in [0.05, 0.1) is 0 Å². The summed E-state index contributed by atoms with van der Waals surface area (Å²) in [5.41, 5.74) is 0.740. The number of rotatable bonds is 6. The molecule has 0 amide bonds. The van der Waals surface area contributed by atoms with Crippen molar-refractivity contribution in [2.24, 2.45) is 0 Å². The van der Waals surface area contributed by atoms with Crippen LogP contribution in [0.4, 0.5) is 0 Å². The minimum atomic E-state index is 0.382. The summed E-state index contributed by atoms with van der Waals surface area (Å²) in [6.07, 6.45) is 3.51. The molecule has 0 aliphatic carbocycles. The maximum atomic E-state index is 5.26. The molecule has 5 heteroatoms. The fourth-order valence-corrected chi connectivity index (χ4v) is 1.80. The lowest BCUT2D eigenvalue weighted by molar-refractivity contribution is 0.355. The van der Waals surface area contributed by atoms with Crippen LogP contribution in [-0.4, -0.2) is 27.7 Å². The molecule has 0 aliphatic rings. The van der Waals surface area contributed by atoms with Crippen LogP contribution in [0.1, 0.15) is 26.2 Å². The monoisotopic (exact) mass is 246 g/mol. The minimum absolute atomic E-state index is 0.382. The highest BCUT2D eigenvalue weighted by Gasteiger charge is 2.13. The molecule has 0 radical (unpaired) electrons. The van der Waals surface area contributed by atoms with Crippen LogP contribution in [0.25, 0.3) is 11.5 Å². The summed E-state index contributed by atoms with van der Waals surface area (Å²) in [4.78, 5) is 8.57. The quantitative estimate of drug-likeness (QED) is 0.845. The first-order chi connectivity index (χ1) is 8.83. The fourth-order valence-electron chi connectivity index (χ4n) is 1.80. The molecule has 0 aromatic carbocycles. The lowest BCUT2D eigenvalue weighted by atomic mass is 10.1. The van der Waals surface area contributed by atoms with Gasteiger partial charge in [0, 0.05) is 18.7 Å². The van der Waals surface area contributed by atoms with E-state index in [0.29, 0.717) is 17.8 Å². The highest BCUT2D eigenvalue weighted by molar-refractivity contribution is 5.46. The van der Waals surface area contributed by atoms with Gasteiger partial charge in [0.15, 0.2) is 0 Å². The molecule has 0 saturated carbocycles. The van der Waals surface area contributed by atoms with Crippen molar-refractivity contribution in [2.45, 2.75) is 32.7 Å². The molecule has 0 spiro atoms. The van der Waals surface area contributed by atoms with Crippen LogP contribution in [0.15, 0.2) is 28.9 Å². The van der Waals surface area contributed by atoms with Crippen LogP contribution in [-0.2, 0) is 6.42 Å². The van der Waals surface area contributed by atoms with Crippen LogP contribution >= 0.6 is 0 Å². The Labute approximate surface area is 107 Å². The third kappa shape index (κ3) is 3.13. The minimum Gasteiger partial charge on any atom is -0.339 e. The zero-order chi connectivity index (χ0) is 12.8. The van der Waals surface area contributed by atoms with E-state index in [9.17, 15) is 0 Å². The molecule has 2 aromatic heterocycles. The lowest BCUT2D eigenvalue weighted by Gasteiger charge is -2.12. The number of hydrogen-bond acceptors (Lipinski definition) is 5. The van der Waals surface area contributed by atoms with Crippen molar-refractivity contribution in [3.05, 3.63) is 30.3 Å². The van der Waals surface area contributed by atoms with E-state index in [-0.39, 0.29) is 0 Å². The Morgan fingerprint density at radius 3 is 2.89 bits per heavy atom. The molecule has 0 saturated heterocycles. The van der Waals surface area contributed by atoms with Crippen LogP contribution in [0, 0.1) is 0 Å². The number of nitrogens with zero attached hydrogens (tertiary/aromatic N) is 3. The summed E-state index contributed by atoms with van der Waals surface area (Å²) in [6.45, 7) is 5.18. The molecule has 2 aromatic rings. The van der Waals surface area contributed by atoms with E-state index in [4.69, 9.17) is 4.52 Å². The fraction of sp³-hybridized carbons (Fsp3) is 0.462. The summed E-state index contributed by atoms with van der Waals surface area (Å²) < 4.78 is 5.26. The van der Waals surface area contributed by atoms with Gasteiger partial charge in [-0.25, -0.2) is 0 Å². The lowest BCUT2D eigenvalue weighted by Crippen LogP contribution is -2.30. The molecule has 0 aliphatic heterocycles. The second kappa shape index (κ2) is 6.26. The third-order valence-electron chi connectivity index (χ3n) is 2.77. The van der Waals surface area contributed by atoms with E-state index < -0.39 is 0 Å². The van der Waals surface area contributed by atoms with Crippen molar-refractivity contribution < 1.29 is 4.52 Å². The molecule has 96 valence electrons. The topological polar surface area (TPSA) is 63.8 Å². The molecule has 0 bridgehead atoms. The van der Waals surface area contributed by atoms with E-state index in [0.717, 1.165) is 25.1 Å². The standard InChI is InChI=1S/C13H18N4O/c1-3-10(14-4-2)9-12-16-13(17-18-12)11-7-5-6-8-15-11/h5-8,10,14H,3-4,9H2,1-2H3. The van der Waals surface area contributed by atoms with Crippen LogP contribution < -0.4 is 5.32 Å². The summed E-state index contributed by atoms with van der Waals surface area (Å²) in [5.74, 6) is 1.21. The van der Waals surface area contributed by atoms with Crippen LogP contribution in [0.5, 0.6) is 0 Å². The Morgan fingerprint density at radius 2 is 2.22 bits per heavy atom. The van der Waals surface area contributed by atoms with Crippen molar-refractivity contribution >= 4 is 0 Å². The van der Waals surface area contributed by atoms with Crippen LogP contribution in [0.3, 0.4) is 0 Å². The van der Waals surface area contributed by atoms with Crippen LogP contribution in [0.2, 0.25) is 0 Å². The van der Waals surface area contributed by atoms with Gasteiger partial charge in [0.1, 0.15) is 5.69 Å². The van der Waals surface area contributed by atoms with Gasteiger partial charge in [0.2, 0.25) is 11.7 Å². The van der Waals surface area contributed by atoms with Gasteiger partial charge in [0.25, 0.3) is 0 Å². The Morgan fingerprint density at radius 1 is 1.33 bits per heavy atom. The largest absolute Gasteiger partial charge is 0.339 e. The Bertz CT molecular complexity index is 469. The molecule has 1 atom stereocenters. The van der Waals surface area contributed by atoms with Crippen molar-refractivity contribution in [1.29, 1.82) is 0 Å². The van der Waals surface area contributed by atoms with Gasteiger partial charge >= 0.3 is 0 Å².